The van der Waals surface area contributed by atoms with E-state index in [9.17, 15) is 4.79 Å². The van der Waals surface area contributed by atoms with Gasteiger partial charge in [-0.1, -0.05) is 0 Å². The Morgan fingerprint density at radius 2 is 2.00 bits per heavy atom. The maximum absolute atomic E-state index is 11.8. The number of carbonyl (C=O) groups excluding carboxylic acids is 1. The Morgan fingerprint density at radius 1 is 1.18 bits per heavy atom. The summed E-state index contributed by atoms with van der Waals surface area (Å²) in [5.74, 6) is 2.24. The van der Waals surface area contributed by atoms with E-state index in [0.717, 1.165) is 40.1 Å². The van der Waals surface area contributed by atoms with E-state index in [0.29, 0.717) is 17.4 Å². The molecule has 6 heteroatoms. The largest absolute Gasteiger partial charge is 0.481 e. The standard InChI is InChI=1S/C22H22N4O2/c1-13(27)15-6-8-18-17(10-15)23-22(25(18)2)19-11-16-7-9-20(28-3)24-21(16)26(19)12-14-4-5-14/h6-11,14H,4-5,12H2,1-3H3. The molecule has 4 aromatic rings. The fourth-order valence-electron chi connectivity index (χ4n) is 3.80. The van der Waals surface area contributed by atoms with Gasteiger partial charge in [0.1, 0.15) is 5.65 Å². The molecule has 1 aliphatic carbocycles. The fourth-order valence-corrected chi connectivity index (χ4v) is 3.80. The summed E-state index contributed by atoms with van der Waals surface area (Å²) in [6, 6.07) is 11.8. The van der Waals surface area contributed by atoms with Gasteiger partial charge in [-0.25, -0.2) is 4.98 Å². The lowest BCUT2D eigenvalue weighted by Gasteiger charge is -2.10. The smallest absolute Gasteiger partial charge is 0.214 e. The van der Waals surface area contributed by atoms with Crippen molar-refractivity contribution in [2.45, 2.75) is 26.3 Å². The molecule has 1 aliphatic rings. The van der Waals surface area contributed by atoms with E-state index in [1.54, 1.807) is 14.0 Å². The van der Waals surface area contributed by atoms with Gasteiger partial charge in [-0.2, -0.15) is 4.98 Å². The third-order valence-electron chi connectivity index (χ3n) is 5.58. The first-order chi connectivity index (χ1) is 13.5. The highest BCUT2D eigenvalue weighted by molar-refractivity contribution is 5.98. The molecule has 1 saturated carbocycles. The molecule has 0 N–H and O–H groups in total. The normalized spacial score (nSPS) is 14.1. The predicted molar refractivity (Wildman–Crippen MR) is 109 cm³/mol. The lowest BCUT2D eigenvalue weighted by molar-refractivity contribution is 0.101. The summed E-state index contributed by atoms with van der Waals surface area (Å²) in [6.07, 6.45) is 2.52. The van der Waals surface area contributed by atoms with E-state index in [-0.39, 0.29) is 5.78 Å². The summed E-state index contributed by atoms with van der Waals surface area (Å²) in [4.78, 5) is 21.3. The van der Waals surface area contributed by atoms with Crippen LogP contribution in [0.4, 0.5) is 0 Å². The van der Waals surface area contributed by atoms with Crippen LogP contribution in [-0.4, -0.2) is 32.0 Å². The molecule has 5 rings (SSSR count). The summed E-state index contributed by atoms with van der Waals surface area (Å²) in [6.45, 7) is 2.51. The van der Waals surface area contributed by atoms with Crippen LogP contribution in [0.5, 0.6) is 5.88 Å². The first kappa shape index (κ1) is 17.0. The number of pyridine rings is 1. The maximum Gasteiger partial charge on any atom is 0.214 e. The van der Waals surface area contributed by atoms with Crippen molar-refractivity contribution in [2.75, 3.05) is 7.11 Å². The molecule has 142 valence electrons. The summed E-state index contributed by atoms with van der Waals surface area (Å²) < 4.78 is 9.70. The number of imidazole rings is 1. The van der Waals surface area contributed by atoms with Gasteiger partial charge in [0.25, 0.3) is 0 Å². The van der Waals surface area contributed by atoms with Crippen LogP contribution in [0.2, 0.25) is 0 Å². The molecule has 3 aromatic heterocycles. The molecular weight excluding hydrogens is 352 g/mol. The Morgan fingerprint density at radius 3 is 2.71 bits per heavy atom. The third kappa shape index (κ3) is 2.68. The van der Waals surface area contributed by atoms with Crippen molar-refractivity contribution in [2.24, 2.45) is 13.0 Å². The van der Waals surface area contributed by atoms with Gasteiger partial charge in [0, 0.05) is 30.6 Å². The molecule has 28 heavy (non-hydrogen) atoms. The molecular formula is C22H22N4O2. The van der Waals surface area contributed by atoms with Gasteiger partial charge in [0.15, 0.2) is 11.6 Å². The van der Waals surface area contributed by atoms with Crippen molar-refractivity contribution >= 4 is 27.9 Å². The van der Waals surface area contributed by atoms with Crippen LogP contribution in [-0.2, 0) is 13.6 Å². The molecule has 3 heterocycles. The fraction of sp³-hybridized carbons (Fsp3) is 0.318. The van der Waals surface area contributed by atoms with E-state index in [1.165, 1.54) is 12.8 Å². The molecule has 0 amide bonds. The first-order valence-electron chi connectivity index (χ1n) is 9.57. The Labute approximate surface area is 162 Å². The molecule has 6 nitrogen and oxygen atoms in total. The molecule has 0 radical (unpaired) electrons. The number of benzene rings is 1. The monoisotopic (exact) mass is 374 g/mol. The topological polar surface area (TPSA) is 61.9 Å². The zero-order chi connectivity index (χ0) is 19.4. The molecule has 0 unspecified atom stereocenters. The van der Waals surface area contributed by atoms with E-state index in [1.807, 2.05) is 37.4 Å². The van der Waals surface area contributed by atoms with Crippen LogP contribution < -0.4 is 4.74 Å². The number of ether oxygens (including phenoxy) is 1. The highest BCUT2D eigenvalue weighted by Gasteiger charge is 2.26. The molecule has 1 aromatic carbocycles. The van der Waals surface area contributed by atoms with Crippen LogP contribution in [0.1, 0.15) is 30.1 Å². The lowest BCUT2D eigenvalue weighted by Crippen LogP contribution is -2.05. The van der Waals surface area contributed by atoms with E-state index in [2.05, 4.69) is 15.2 Å². The SMILES string of the molecule is COc1ccc2cc(-c3nc4cc(C(C)=O)ccc4n3C)n(CC3CC3)c2n1. The van der Waals surface area contributed by atoms with E-state index >= 15 is 0 Å². The van der Waals surface area contributed by atoms with Gasteiger partial charge >= 0.3 is 0 Å². The Balaban J connectivity index is 1.73. The molecule has 0 bridgehead atoms. The minimum Gasteiger partial charge on any atom is -0.481 e. The Bertz CT molecular complexity index is 1230. The zero-order valence-electron chi connectivity index (χ0n) is 16.3. The van der Waals surface area contributed by atoms with Crippen LogP contribution in [0.25, 0.3) is 33.6 Å². The van der Waals surface area contributed by atoms with Crippen LogP contribution in [0.3, 0.4) is 0 Å². The number of rotatable bonds is 5. The second-order valence-electron chi connectivity index (χ2n) is 7.60. The summed E-state index contributed by atoms with van der Waals surface area (Å²) >= 11 is 0. The quantitative estimate of drug-likeness (QED) is 0.491. The molecule has 0 atom stereocenters. The van der Waals surface area contributed by atoms with Crippen LogP contribution in [0.15, 0.2) is 36.4 Å². The van der Waals surface area contributed by atoms with Gasteiger partial charge in [0.2, 0.25) is 5.88 Å². The Kier molecular flexibility index (Phi) is 3.75. The molecule has 0 saturated heterocycles. The number of hydrogen-bond donors (Lipinski definition) is 0. The van der Waals surface area contributed by atoms with Crippen molar-refractivity contribution in [1.29, 1.82) is 0 Å². The summed E-state index contributed by atoms with van der Waals surface area (Å²) in [5.41, 5.74) is 4.50. The summed E-state index contributed by atoms with van der Waals surface area (Å²) in [7, 11) is 3.66. The number of aryl methyl sites for hydroxylation is 1. The summed E-state index contributed by atoms with van der Waals surface area (Å²) in [5, 5.41) is 1.08. The average molecular weight is 374 g/mol. The van der Waals surface area contributed by atoms with Crippen LogP contribution in [0, 0.1) is 5.92 Å². The first-order valence-corrected chi connectivity index (χ1v) is 9.57. The number of Topliss-reactive ketones (excluding diaryl/α,β-unsaturated/α-hetero) is 1. The number of nitrogens with zero attached hydrogens (tertiary/aromatic N) is 4. The number of fused-ring (bicyclic) bond motifs is 2. The predicted octanol–water partition coefficient (Wildman–Crippen LogP) is 4.21. The van der Waals surface area contributed by atoms with E-state index in [4.69, 9.17) is 14.7 Å². The highest BCUT2D eigenvalue weighted by Crippen LogP contribution is 2.36. The second-order valence-corrected chi connectivity index (χ2v) is 7.60. The van der Waals surface area contributed by atoms with Crippen molar-refractivity contribution in [3.63, 3.8) is 0 Å². The van der Waals surface area contributed by atoms with Gasteiger partial charge in [-0.05, 0) is 56.0 Å². The Hall–Kier alpha value is -3.15. The van der Waals surface area contributed by atoms with Crippen molar-refractivity contribution in [1.82, 2.24) is 19.1 Å². The van der Waals surface area contributed by atoms with Gasteiger partial charge < -0.3 is 13.9 Å². The van der Waals surface area contributed by atoms with Gasteiger partial charge in [-0.15, -0.1) is 0 Å². The minimum atomic E-state index is 0.0493. The minimum absolute atomic E-state index is 0.0493. The third-order valence-corrected chi connectivity index (χ3v) is 5.58. The van der Waals surface area contributed by atoms with Crippen LogP contribution >= 0.6 is 0 Å². The molecule has 0 spiro atoms. The maximum atomic E-state index is 11.8. The van der Waals surface area contributed by atoms with Gasteiger partial charge in [-0.3, -0.25) is 4.79 Å². The zero-order valence-corrected chi connectivity index (χ0v) is 16.3. The molecule has 0 aliphatic heterocycles. The number of methoxy groups -OCH3 is 1. The number of hydrogen-bond acceptors (Lipinski definition) is 4. The van der Waals surface area contributed by atoms with Gasteiger partial charge in [0.05, 0.1) is 23.8 Å². The van der Waals surface area contributed by atoms with E-state index < -0.39 is 0 Å². The van der Waals surface area contributed by atoms with Crippen molar-refractivity contribution < 1.29 is 9.53 Å². The highest BCUT2D eigenvalue weighted by atomic mass is 16.5. The molecule has 1 fully saturated rings. The van der Waals surface area contributed by atoms with Crippen molar-refractivity contribution in [3.8, 4) is 17.4 Å². The lowest BCUT2D eigenvalue weighted by atomic mass is 10.1. The number of carbonyl (C=O) groups is 1. The van der Waals surface area contributed by atoms with Crippen molar-refractivity contribution in [3.05, 3.63) is 42.0 Å². The number of aromatic nitrogens is 4. The average Bonchev–Trinajstić information content (AvgIpc) is 3.37. The second kappa shape index (κ2) is 6.19. The number of ketones is 1.